The number of nitrogens with zero attached hydrogens (tertiary/aromatic N) is 2. The second-order valence-electron chi connectivity index (χ2n) is 6.39. The number of nitrogens with one attached hydrogen (secondary N) is 1. The number of benzene rings is 2. The lowest BCUT2D eigenvalue weighted by atomic mass is 10.2. The van der Waals surface area contributed by atoms with Gasteiger partial charge in [-0.05, 0) is 18.6 Å². The van der Waals surface area contributed by atoms with Crippen molar-refractivity contribution in [3.05, 3.63) is 59.6 Å². The molecule has 0 atom stereocenters. The molecule has 0 spiro atoms. The summed E-state index contributed by atoms with van der Waals surface area (Å²) >= 11 is 1.43. The van der Waals surface area contributed by atoms with Crippen molar-refractivity contribution >= 4 is 34.5 Å². The Bertz CT molecular complexity index is 1020. The van der Waals surface area contributed by atoms with Crippen molar-refractivity contribution in [1.82, 2.24) is 4.98 Å². The number of hydrogen-bond donors (Lipinski definition) is 1. The van der Waals surface area contributed by atoms with Gasteiger partial charge in [-0.1, -0.05) is 30.3 Å². The molecule has 142 valence electrons. The van der Waals surface area contributed by atoms with Crippen LogP contribution in [0.15, 0.2) is 53.9 Å². The fourth-order valence-corrected chi connectivity index (χ4v) is 3.97. The van der Waals surface area contributed by atoms with Gasteiger partial charge < -0.3 is 15.0 Å². The van der Waals surface area contributed by atoms with Gasteiger partial charge in [-0.2, -0.15) is 0 Å². The Balaban J connectivity index is 1.52. The van der Waals surface area contributed by atoms with Gasteiger partial charge in [-0.25, -0.2) is 4.98 Å². The van der Waals surface area contributed by atoms with Gasteiger partial charge in [-0.3, -0.25) is 9.59 Å². The van der Waals surface area contributed by atoms with E-state index in [-0.39, 0.29) is 11.8 Å². The Hall–Kier alpha value is -3.19. The van der Waals surface area contributed by atoms with Crippen LogP contribution in [0.2, 0.25) is 0 Å². The first-order chi connectivity index (χ1) is 13.7. The lowest BCUT2D eigenvalue weighted by molar-refractivity contribution is -0.117. The molecule has 0 aliphatic carbocycles. The third-order valence-electron chi connectivity index (χ3n) is 4.56. The summed E-state index contributed by atoms with van der Waals surface area (Å²) in [5.74, 6) is 0.354. The van der Waals surface area contributed by atoms with Gasteiger partial charge >= 0.3 is 0 Å². The van der Waals surface area contributed by atoms with E-state index in [0.717, 1.165) is 22.7 Å². The van der Waals surface area contributed by atoms with Crippen LogP contribution in [0, 0.1) is 0 Å². The number of anilines is 2. The molecule has 0 bridgehead atoms. The molecule has 7 heteroatoms. The van der Waals surface area contributed by atoms with Crippen LogP contribution >= 0.6 is 11.3 Å². The monoisotopic (exact) mass is 393 g/mol. The van der Waals surface area contributed by atoms with Gasteiger partial charge in [0.1, 0.15) is 16.5 Å². The summed E-state index contributed by atoms with van der Waals surface area (Å²) in [7, 11) is 1.55. The highest BCUT2D eigenvalue weighted by atomic mass is 32.1. The fraction of sp³-hybridized carbons (Fsp3) is 0.190. The van der Waals surface area contributed by atoms with E-state index in [1.165, 1.54) is 11.3 Å². The predicted molar refractivity (Wildman–Crippen MR) is 110 cm³/mol. The standard InChI is InChI=1S/C21H19N3O3S/c1-27-18-12-15(9-10-17(18)24-11-5-8-19(24)25)22-20(26)16-13-28-21(23-16)14-6-3-2-4-7-14/h2-4,6-7,9-10,12-13H,5,8,11H2,1H3,(H,22,26). The van der Waals surface area contributed by atoms with Crippen molar-refractivity contribution in [2.75, 3.05) is 23.9 Å². The van der Waals surface area contributed by atoms with Crippen LogP contribution in [0.25, 0.3) is 10.6 Å². The molecule has 1 saturated heterocycles. The summed E-state index contributed by atoms with van der Waals surface area (Å²) in [5, 5.41) is 5.39. The Labute approximate surface area is 166 Å². The van der Waals surface area contributed by atoms with Crippen LogP contribution in [-0.4, -0.2) is 30.5 Å². The summed E-state index contributed by atoms with van der Waals surface area (Å²) in [6, 6.07) is 15.0. The number of thiazole rings is 1. The molecule has 1 N–H and O–H groups in total. The predicted octanol–water partition coefficient (Wildman–Crippen LogP) is 4.20. The molecule has 1 aliphatic heterocycles. The van der Waals surface area contributed by atoms with E-state index < -0.39 is 0 Å². The molecule has 0 radical (unpaired) electrons. The normalized spacial score (nSPS) is 13.6. The van der Waals surface area contributed by atoms with Gasteiger partial charge in [-0.15, -0.1) is 11.3 Å². The summed E-state index contributed by atoms with van der Waals surface area (Å²) in [6.07, 6.45) is 1.39. The van der Waals surface area contributed by atoms with Crippen LogP contribution in [0.1, 0.15) is 23.3 Å². The second kappa shape index (κ2) is 7.82. The number of amides is 2. The highest BCUT2D eigenvalue weighted by Crippen LogP contribution is 2.34. The molecule has 0 unspecified atom stereocenters. The molecule has 2 amide bonds. The number of rotatable bonds is 5. The highest BCUT2D eigenvalue weighted by molar-refractivity contribution is 7.13. The maximum atomic E-state index is 12.6. The van der Waals surface area contributed by atoms with Crippen LogP contribution in [0.5, 0.6) is 5.75 Å². The molecule has 2 aromatic carbocycles. The smallest absolute Gasteiger partial charge is 0.275 e. The number of carbonyl (C=O) groups excluding carboxylic acids is 2. The van der Waals surface area contributed by atoms with Gasteiger partial charge in [0, 0.05) is 35.7 Å². The molecule has 3 aromatic rings. The number of hydrogen-bond acceptors (Lipinski definition) is 5. The summed E-state index contributed by atoms with van der Waals surface area (Å²) in [4.78, 5) is 30.7. The first-order valence-electron chi connectivity index (χ1n) is 8.96. The minimum atomic E-state index is -0.287. The maximum absolute atomic E-state index is 12.6. The van der Waals surface area contributed by atoms with Crippen molar-refractivity contribution in [2.45, 2.75) is 12.8 Å². The lowest BCUT2D eigenvalue weighted by Gasteiger charge is -2.19. The lowest BCUT2D eigenvalue weighted by Crippen LogP contribution is -2.24. The molecule has 4 rings (SSSR count). The minimum Gasteiger partial charge on any atom is -0.494 e. The largest absolute Gasteiger partial charge is 0.494 e. The number of carbonyl (C=O) groups is 2. The minimum absolute atomic E-state index is 0.0889. The molecule has 1 aromatic heterocycles. The van der Waals surface area contributed by atoms with Gasteiger partial charge in [0.15, 0.2) is 0 Å². The molecule has 28 heavy (non-hydrogen) atoms. The number of aromatic nitrogens is 1. The van der Waals surface area contributed by atoms with E-state index in [1.54, 1.807) is 35.6 Å². The average molecular weight is 393 g/mol. The van der Waals surface area contributed by atoms with E-state index >= 15 is 0 Å². The number of methoxy groups -OCH3 is 1. The van der Waals surface area contributed by atoms with Crippen molar-refractivity contribution in [2.24, 2.45) is 0 Å². The molecule has 2 heterocycles. The van der Waals surface area contributed by atoms with E-state index in [2.05, 4.69) is 10.3 Å². The summed E-state index contributed by atoms with van der Waals surface area (Å²) < 4.78 is 5.44. The first-order valence-corrected chi connectivity index (χ1v) is 9.84. The zero-order chi connectivity index (χ0) is 19.5. The molecule has 6 nitrogen and oxygen atoms in total. The Kier molecular flexibility index (Phi) is 5.08. The first kappa shape index (κ1) is 18.2. The van der Waals surface area contributed by atoms with Gasteiger partial charge in [0.25, 0.3) is 5.91 Å². The third kappa shape index (κ3) is 3.61. The third-order valence-corrected chi connectivity index (χ3v) is 5.45. The highest BCUT2D eigenvalue weighted by Gasteiger charge is 2.24. The topological polar surface area (TPSA) is 71.5 Å². The Morgan fingerprint density at radius 3 is 2.75 bits per heavy atom. The molecule has 0 saturated carbocycles. The van der Waals surface area contributed by atoms with Crippen molar-refractivity contribution < 1.29 is 14.3 Å². The Morgan fingerprint density at radius 2 is 2.04 bits per heavy atom. The van der Waals surface area contributed by atoms with Crippen LogP contribution < -0.4 is 15.0 Å². The van der Waals surface area contributed by atoms with E-state index in [9.17, 15) is 9.59 Å². The zero-order valence-electron chi connectivity index (χ0n) is 15.3. The quantitative estimate of drug-likeness (QED) is 0.705. The Morgan fingerprint density at radius 1 is 1.21 bits per heavy atom. The SMILES string of the molecule is COc1cc(NC(=O)c2csc(-c3ccccc3)n2)ccc1N1CCCC1=O. The fourth-order valence-electron chi connectivity index (χ4n) is 3.17. The van der Waals surface area contributed by atoms with E-state index in [1.807, 2.05) is 30.3 Å². The van der Waals surface area contributed by atoms with Crippen LogP contribution in [0.3, 0.4) is 0 Å². The average Bonchev–Trinajstić information content (AvgIpc) is 3.38. The van der Waals surface area contributed by atoms with E-state index in [4.69, 9.17) is 4.74 Å². The maximum Gasteiger partial charge on any atom is 0.275 e. The second-order valence-corrected chi connectivity index (χ2v) is 7.25. The summed E-state index contributed by atoms with van der Waals surface area (Å²) in [5.41, 5.74) is 2.66. The van der Waals surface area contributed by atoms with Gasteiger partial charge in [0.05, 0.1) is 12.8 Å². The summed E-state index contributed by atoms with van der Waals surface area (Å²) in [6.45, 7) is 0.683. The number of ether oxygens (including phenoxy) is 1. The molecule has 1 aliphatic rings. The molecular formula is C21H19N3O3S. The molecular weight excluding hydrogens is 374 g/mol. The van der Waals surface area contributed by atoms with Crippen LogP contribution in [0.4, 0.5) is 11.4 Å². The zero-order valence-corrected chi connectivity index (χ0v) is 16.2. The van der Waals surface area contributed by atoms with Crippen molar-refractivity contribution in [3.63, 3.8) is 0 Å². The van der Waals surface area contributed by atoms with E-state index in [0.29, 0.717) is 30.1 Å². The van der Waals surface area contributed by atoms with Crippen molar-refractivity contribution in [1.29, 1.82) is 0 Å². The molecule has 1 fully saturated rings. The van der Waals surface area contributed by atoms with Crippen molar-refractivity contribution in [3.8, 4) is 16.3 Å². The van der Waals surface area contributed by atoms with Crippen LogP contribution in [-0.2, 0) is 4.79 Å². The van der Waals surface area contributed by atoms with Gasteiger partial charge in [0.2, 0.25) is 5.91 Å².